The van der Waals surface area contributed by atoms with Gasteiger partial charge in [0.1, 0.15) is 24.8 Å². The maximum atomic E-state index is 13.9. The molecule has 0 saturated carbocycles. The molecule has 61 heavy (non-hydrogen) atoms. The normalized spacial score (nSPS) is 16.0. The van der Waals surface area contributed by atoms with Crippen LogP contribution in [-0.2, 0) is 57.8 Å². The number of nitrogens with zero attached hydrogens (tertiary/aromatic N) is 1. The molecule has 0 spiro atoms. The van der Waals surface area contributed by atoms with Crippen LogP contribution in [0.3, 0.4) is 0 Å². The lowest BCUT2D eigenvalue weighted by Crippen LogP contribution is -2.45. The Morgan fingerprint density at radius 1 is 1.00 bits per heavy atom. The second-order valence-electron chi connectivity index (χ2n) is 14.5. The van der Waals surface area contributed by atoms with Gasteiger partial charge in [-0.2, -0.15) is 0 Å². The largest absolute Gasteiger partial charge is 0.511 e. The minimum atomic E-state index is -3.62. The molecule has 0 aliphatic carbocycles. The van der Waals surface area contributed by atoms with Crippen molar-refractivity contribution in [1.29, 1.82) is 0 Å². The molecule has 3 atom stereocenters. The average molecular weight is 936 g/mol. The Labute approximate surface area is 370 Å². The van der Waals surface area contributed by atoms with Gasteiger partial charge in [0.15, 0.2) is 9.84 Å². The summed E-state index contributed by atoms with van der Waals surface area (Å²) in [7, 11) is 0.149. The number of amides is 2. The van der Waals surface area contributed by atoms with Crippen molar-refractivity contribution in [2.45, 2.75) is 80.9 Å². The fraction of sp³-hybridized carbons (Fsp3) is 0.405. The van der Waals surface area contributed by atoms with E-state index in [0.29, 0.717) is 52.5 Å². The van der Waals surface area contributed by atoms with Gasteiger partial charge in [0, 0.05) is 61.1 Å². The minimum absolute atomic E-state index is 0.0128. The van der Waals surface area contributed by atoms with E-state index in [2.05, 4.69) is 5.32 Å². The van der Waals surface area contributed by atoms with E-state index < -0.39 is 46.2 Å². The molecule has 19 heteroatoms. The molecule has 4 aromatic rings. The van der Waals surface area contributed by atoms with Crippen LogP contribution >= 0.6 is 44.8 Å². The average Bonchev–Trinajstić information content (AvgIpc) is 3.92. The molecule has 1 fully saturated rings. The summed E-state index contributed by atoms with van der Waals surface area (Å²) < 4.78 is 50.6. The predicted octanol–water partition coefficient (Wildman–Crippen LogP) is 7.98. The molecule has 1 saturated heterocycles. The number of halogens is 2. The number of fused-ring (bicyclic) bond motifs is 2. The van der Waals surface area contributed by atoms with Gasteiger partial charge >= 0.3 is 18.1 Å². The lowest BCUT2D eigenvalue weighted by Gasteiger charge is -2.30. The second kappa shape index (κ2) is 21.1. The second-order valence-corrected chi connectivity index (χ2v) is 20.1. The van der Waals surface area contributed by atoms with E-state index in [1.54, 1.807) is 47.6 Å². The van der Waals surface area contributed by atoms with Gasteiger partial charge in [0.2, 0.25) is 6.29 Å². The Kier molecular flexibility index (Phi) is 15.9. The minimum Gasteiger partial charge on any atom is -0.464 e. The van der Waals surface area contributed by atoms with Crippen LogP contribution in [0.4, 0.5) is 4.79 Å². The molecule has 1 N–H and O–H groups in total. The number of carbonyl (C=O) groups excluding carboxylic acids is 5. The number of sulfone groups is 1. The van der Waals surface area contributed by atoms with E-state index in [-0.39, 0.29) is 59.0 Å². The molecule has 2 aliphatic rings. The zero-order chi connectivity index (χ0) is 43.7. The Balaban J connectivity index is 1.06. The molecular formula is C42H44Cl2N2O12S3. The molecular weight excluding hydrogens is 892 g/mol. The van der Waals surface area contributed by atoms with Gasteiger partial charge in [-0.25, -0.2) is 18.0 Å². The first-order valence-corrected chi connectivity index (χ1v) is 24.5. The topological polar surface area (TPSA) is 185 Å². The van der Waals surface area contributed by atoms with Crippen molar-refractivity contribution < 1.29 is 55.8 Å². The Hall–Kier alpha value is -4.42. The molecule has 14 nitrogen and oxygen atoms in total. The van der Waals surface area contributed by atoms with Crippen LogP contribution in [0.1, 0.15) is 76.4 Å². The summed E-state index contributed by atoms with van der Waals surface area (Å²) in [5, 5.41) is 4.11. The molecule has 0 bridgehead atoms. The number of ether oxygens (including phenoxy) is 4. The van der Waals surface area contributed by atoms with E-state index in [4.69, 9.17) is 46.6 Å². The molecule has 326 valence electrons. The van der Waals surface area contributed by atoms with Gasteiger partial charge in [-0.05, 0) is 78.8 Å². The molecule has 0 radical (unpaired) electrons. The number of nitrogens with one attached hydrogen (secondary N) is 1. The van der Waals surface area contributed by atoms with E-state index in [9.17, 15) is 32.4 Å². The number of hydrogen-bond acceptors (Lipinski definition) is 14. The van der Waals surface area contributed by atoms with Crippen LogP contribution in [0.2, 0.25) is 10.0 Å². The first-order chi connectivity index (χ1) is 29.2. The maximum absolute atomic E-state index is 13.9. The molecule has 3 heterocycles. The van der Waals surface area contributed by atoms with Crippen LogP contribution in [0, 0.1) is 0 Å². The van der Waals surface area contributed by atoms with Crippen molar-refractivity contribution in [3.05, 3.63) is 98.7 Å². The summed E-state index contributed by atoms with van der Waals surface area (Å²) in [5.41, 5.74) is 2.51. The van der Waals surface area contributed by atoms with Crippen molar-refractivity contribution in [2.24, 2.45) is 0 Å². The smallest absolute Gasteiger partial charge is 0.464 e. The summed E-state index contributed by atoms with van der Waals surface area (Å²) in [6.45, 7) is 1.23. The number of rotatable bonds is 17. The number of esters is 2. The lowest BCUT2D eigenvalue weighted by molar-refractivity contribution is -0.170. The highest BCUT2D eigenvalue weighted by Crippen LogP contribution is 2.40. The number of benzene rings is 3. The van der Waals surface area contributed by atoms with Crippen molar-refractivity contribution in [3.8, 4) is 0 Å². The zero-order valence-electron chi connectivity index (χ0n) is 33.3. The van der Waals surface area contributed by atoms with Gasteiger partial charge in [-0.1, -0.05) is 69.4 Å². The SMILES string of the molecule is CC(OC(=O)OCCOC(=O)CCCC[C@@H]1CCSS1)OC(=O)[C@H](Cc1cccc(S(C)(=O)=O)c1)NC(=O)c1c(Cl)cc2c(c1Cl)CCN(C(=O)c1ccc3ccoc3c1)C2. The van der Waals surface area contributed by atoms with Crippen LogP contribution in [-0.4, -0.2) is 92.6 Å². The third kappa shape index (κ3) is 12.6. The van der Waals surface area contributed by atoms with Crippen LogP contribution < -0.4 is 5.32 Å². The van der Waals surface area contributed by atoms with Crippen molar-refractivity contribution in [1.82, 2.24) is 10.2 Å². The third-order valence-corrected chi connectivity index (χ3v) is 14.8. The number of furan rings is 1. The first-order valence-electron chi connectivity index (χ1n) is 19.5. The number of unbranched alkanes of at least 4 members (excludes halogenated alkanes) is 1. The Bertz CT molecular complexity index is 2390. The number of carbonyl (C=O) groups is 5. The Morgan fingerprint density at radius 3 is 2.57 bits per heavy atom. The van der Waals surface area contributed by atoms with Gasteiger partial charge in [-0.15, -0.1) is 0 Å². The van der Waals surface area contributed by atoms with Crippen molar-refractivity contribution in [3.63, 3.8) is 0 Å². The standard InChI is InChI=1S/C42H44Cl2N2O12S3/c1-25(58-42(51)56-18-17-55-36(47)9-4-3-7-30-14-19-59-60-30)57-41(50)34(21-26-6-5-8-31(20-26)61(2,52)53)45-39(48)37-33(43)22-29-24-46(15-12-32(29)38(37)44)40(49)28-11-10-27-13-16-54-35(27)23-28/h5-6,8,10-11,13,16,20,22-23,25,30,34H,3-4,7,9,12,14-15,17-19,21,24H2,1-2H3,(H,45,48)/t25?,30-,34+/m1/s1. The molecule has 1 unspecified atom stereocenters. The summed E-state index contributed by atoms with van der Waals surface area (Å²) in [6.07, 6.45) is 4.08. The van der Waals surface area contributed by atoms with Crippen molar-refractivity contribution >= 4 is 95.5 Å². The predicted molar refractivity (Wildman–Crippen MR) is 231 cm³/mol. The van der Waals surface area contributed by atoms with Gasteiger partial charge in [0.25, 0.3) is 11.8 Å². The Morgan fingerprint density at radius 2 is 1.80 bits per heavy atom. The van der Waals surface area contributed by atoms with Crippen LogP contribution in [0.25, 0.3) is 11.0 Å². The van der Waals surface area contributed by atoms with Crippen molar-refractivity contribution in [2.75, 3.05) is 31.8 Å². The monoisotopic (exact) mass is 934 g/mol. The van der Waals surface area contributed by atoms with Gasteiger partial charge in [0.05, 0.1) is 26.8 Å². The van der Waals surface area contributed by atoms with E-state index in [1.807, 2.05) is 21.6 Å². The van der Waals surface area contributed by atoms with E-state index >= 15 is 0 Å². The van der Waals surface area contributed by atoms with Crippen LogP contribution in [0.5, 0.6) is 0 Å². The lowest BCUT2D eigenvalue weighted by atomic mass is 9.95. The molecule has 6 rings (SSSR count). The fourth-order valence-corrected chi connectivity index (χ4v) is 11.3. The molecule has 2 aliphatic heterocycles. The third-order valence-electron chi connectivity index (χ3n) is 9.97. The number of hydrogen-bond donors (Lipinski definition) is 1. The summed E-state index contributed by atoms with van der Waals surface area (Å²) in [6, 6.07) is 12.9. The van der Waals surface area contributed by atoms with E-state index in [1.165, 1.54) is 31.5 Å². The highest BCUT2D eigenvalue weighted by molar-refractivity contribution is 8.77. The molecule has 1 aromatic heterocycles. The summed E-state index contributed by atoms with van der Waals surface area (Å²) >= 11 is 13.5. The highest BCUT2D eigenvalue weighted by atomic mass is 35.5. The molecule has 3 aromatic carbocycles. The first kappa shape index (κ1) is 46.1. The fourth-order valence-electron chi connectivity index (χ4n) is 6.86. The summed E-state index contributed by atoms with van der Waals surface area (Å²) in [4.78, 5) is 67.1. The highest BCUT2D eigenvalue weighted by Gasteiger charge is 2.32. The zero-order valence-corrected chi connectivity index (χ0v) is 37.3. The van der Waals surface area contributed by atoms with E-state index in [0.717, 1.165) is 30.2 Å². The summed E-state index contributed by atoms with van der Waals surface area (Å²) in [5.74, 6) is -1.34. The molecule has 2 amide bonds. The van der Waals surface area contributed by atoms with Gasteiger partial charge < -0.3 is 33.6 Å². The maximum Gasteiger partial charge on any atom is 0.511 e. The van der Waals surface area contributed by atoms with Gasteiger partial charge in [-0.3, -0.25) is 14.4 Å². The quantitative estimate of drug-likeness (QED) is 0.0353. The van der Waals surface area contributed by atoms with Crippen LogP contribution in [0.15, 0.2) is 70.2 Å².